The summed E-state index contributed by atoms with van der Waals surface area (Å²) in [6.45, 7) is 4.74. The van der Waals surface area contributed by atoms with Crippen LogP contribution in [0.4, 0.5) is 0 Å². The Hall–Kier alpha value is -1.53. The molecule has 0 unspecified atom stereocenters. The highest BCUT2D eigenvalue weighted by atomic mass is 35.5. The molecule has 1 aliphatic rings. The lowest BCUT2D eigenvalue weighted by molar-refractivity contribution is -0.132. The quantitative estimate of drug-likeness (QED) is 0.677. The Bertz CT molecular complexity index is 693. The summed E-state index contributed by atoms with van der Waals surface area (Å²) < 4.78 is 0. The Morgan fingerprint density at radius 1 is 1.35 bits per heavy atom. The fourth-order valence-electron chi connectivity index (χ4n) is 2.71. The molecule has 1 aromatic carbocycles. The Balaban J connectivity index is 2.00. The molecular weight excluding hydrogens is 370 g/mol. The molecule has 0 bridgehead atoms. The van der Waals surface area contributed by atoms with Crippen molar-refractivity contribution in [2.75, 3.05) is 13.6 Å². The fraction of sp³-hybridized carbons (Fsp3) is 0.526. The second-order valence-electron chi connectivity index (χ2n) is 6.40. The molecule has 5 nitrogen and oxygen atoms in total. The number of carbonyl (C=O) groups is 2. The van der Waals surface area contributed by atoms with Crippen LogP contribution in [0.3, 0.4) is 0 Å². The predicted molar refractivity (Wildman–Crippen MR) is 109 cm³/mol. The third kappa shape index (κ3) is 5.48. The van der Waals surface area contributed by atoms with E-state index in [4.69, 9.17) is 11.6 Å². The molecule has 0 aromatic heterocycles. The van der Waals surface area contributed by atoms with Crippen molar-refractivity contribution < 1.29 is 9.59 Å². The predicted octanol–water partition coefficient (Wildman–Crippen LogP) is 3.97. The van der Waals surface area contributed by atoms with Crippen LogP contribution in [0.2, 0.25) is 5.02 Å². The zero-order chi connectivity index (χ0) is 19.1. The maximum absolute atomic E-state index is 12.4. The number of halogens is 1. The van der Waals surface area contributed by atoms with Gasteiger partial charge < -0.3 is 5.32 Å². The summed E-state index contributed by atoms with van der Waals surface area (Å²) in [5.74, 6) is -0.246. The van der Waals surface area contributed by atoms with Gasteiger partial charge in [0, 0.05) is 30.6 Å². The van der Waals surface area contributed by atoms with Crippen LogP contribution in [0.1, 0.15) is 50.2 Å². The molecule has 1 N–H and O–H groups in total. The van der Waals surface area contributed by atoms with E-state index >= 15 is 0 Å². The number of nitrogens with zero attached hydrogens (tertiary/aromatic N) is 2. The number of benzene rings is 1. The van der Waals surface area contributed by atoms with Crippen molar-refractivity contribution >= 4 is 40.2 Å². The Kier molecular flexibility index (Phi) is 7.97. The molecule has 0 fully saturated rings. The summed E-state index contributed by atoms with van der Waals surface area (Å²) in [4.78, 5) is 24.6. The Morgan fingerprint density at radius 3 is 2.85 bits per heavy atom. The van der Waals surface area contributed by atoms with Crippen molar-refractivity contribution in [1.29, 1.82) is 0 Å². The minimum Gasteiger partial charge on any atom is -0.356 e. The topological polar surface area (TPSA) is 61.8 Å². The minimum atomic E-state index is -0.471. The molecule has 0 aliphatic carbocycles. The molecule has 2 amide bonds. The van der Waals surface area contributed by atoms with Gasteiger partial charge in [-0.1, -0.05) is 61.7 Å². The first-order valence-electron chi connectivity index (χ1n) is 8.99. The van der Waals surface area contributed by atoms with Crippen LogP contribution < -0.4 is 5.32 Å². The largest absolute Gasteiger partial charge is 0.356 e. The SMILES string of the molecule is CCCCCCNC(=O)C[C@H]1SC(c2cccc(Cl)c2C)=NN(C)C1=O. The van der Waals surface area contributed by atoms with Gasteiger partial charge in [0.1, 0.15) is 10.3 Å². The molecule has 7 heteroatoms. The molecule has 1 aliphatic heterocycles. The first kappa shape index (κ1) is 20.8. The van der Waals surface area contributed by atoms with Gasteiger partial charge in [0.25, 0.3) is 5.91 Å². The third-order valence-corrected chi connectivity index (χ3v) is 5.90. The number of nitrogens with one attached hydrogen (secondary N) is 1. The minimum absolute atomic E-state index is 0.0928. The number of hydrogen-bond donors (Lipinski definition) is 1. The Labute approximate surface area is 164 Å². The van der Waals surface area contributed by atoms with Crippen molar-refractivity contribution in [3.05, 3.63) is 34.3 Å². The van der Waals surface area contributed by atoms with Crippen molar-refractivity contribution in [3.8, 4) is 0 Å². The summed E-state index contributed by atoms with van der Waals surface area (Å²) in [6, 6.07) is 5.62. The van der Waals surface area contributed by atoms with E-state index in [0.717, 1.165) is 24.0 Å². The van der Waals surface area contributed by atoms with Gasteiger partial charge in [0.2, 0.25) is 5.91 Å². The second kappa shape index (κ2) is 9.97. The maximum Gasteiger partial charge on any atom is 0.256 e. The summed E-state index contributed by atoms with van der Waals surface area (Å²) in [6.07, 6.45) is 4.58. The van der Waals surface area contributed by atoms with Gasteiger partial charge in [0.05, 0.1) is 0 Å². The average molecular weight is 396 g/mol. The first-order chi connectivity index (χ1) is 12.4. The number of thioether (sulfide) groups is 1. The van der Waals surface area contributed by atoms with Gasteiger partial charge in [-0.15, -0.1) is 0 Å². The van der Waals surface area contributed by atoms with Crippen molar-refractivity contribution in [2.24, 2.45) is 5.10 Å². The third-order valence-electron chi connectivity index (χ3n) is 4.31. The van der Waals surface area contributed by atoms with E-state index in [1.807, 2.05) is 25.1 Å². The van der Waals surface area contributed by atoms with Gasteiger partial charge >= 0.3 is 0 Å². The lowest BCUT2D eigenvalue weighted by atomic mass is 10.1. The Morgan fingerprint density at radius 2 is 2.12 bits per heavy atom. The van der Waals surface area contributed by atoms with Gasteiger partial charge in [-0.25, -0.2) is 5.01 Å². The van der Waals surface area contributed by atoms with Crippen LogP contribution in [0.25, 0.3) is 0 Å². The molecular formula is C19H26ClN3O2S. The summed E-state index contributed by atoms with van der Waals surface area (Å²) in [7, 11) is 1.62. The van der Waals surface area contributed by atoms with Crippen LogP contribution in [0.15, 0.2) is 23.3 Å². The van der Waals surface area contributed by atoms with E-state index in [2.05, 4.69) is 17.3 Å². The molecule has 0 spiro atoms. The number of amides is 2. The highest BCUT2D eigenvalue weighted by molar-refractivity contribution is 8.15. The monoisotopic (exact) mass is 395 g/mol. The van der Waals surface area contributed by atoms with Gasteiger partial charge in [-0.05, 0) is 25.0 Å². The first-order valence-corrected chi connectivity index (χ1v) is 10.2. The molecule has 0 saturated heterocycles. The lowest BCUT2D eigenvalue weighted by Gasteiger charge is -2.26. The molecule has 0 saturated carbocycles. The zero-order valence-corrected chi connectivity index (χ0v) is 17.1. The van der Waals surface area contributed by atoms with E-state index in [-0.39, 0.29) is 18.2 Å². The van der Waals surface area contributed by atoms with Gasteiger partial charge in [-0.2, -0.15) is 5.10 Å². The highest BCUT2D eigenvalue weighted by Gasteiger charge is 2.32. The van der Waals surface area contributed by atoms with E-state index in [1.165, 1.54) is 29.6 Å². The zero-order valence-electron chi connectivity index (χ0n) is 15.5. The smallest absolute Gasteiger partial charge is 0.256 e. The number of hydrazone groups is 1. The summed E-state index contributed by atoms with van der Waals surface area (Å²) in [5, 5.41) is 9.51. The molecule has 0 radical (unpaired) electrons. The van der Waals surface area contributed by atoms with Crippen LogP contribution in [0.5, 0.6) is 0 Å². The number of hydrogen-bond acceptors (Lipinski definition) is 4. The van der Waals surface area contributed by atoms with E-state index < -0.39 is 5.25 Å². The average Bonchev–Trinajstić information content (AvgIpc) is 2.61. The van der Waals surface area contributed by atoms with Crippen LogP contribution in [0, 0.1) is 6.92 Å². The molecule has 2 rings (SSSR count). The molecule has 1 atom stereocenters. The number of carbonyl (C=O) groups excluding carboxylic acids is 2. The molecule has 1 aromatic rings. The molecule has 1 heterocycles. The van der Waals surface area contributed by atoms with Crippen LogP contribution in [-0.2, 0) is 9.59 Å². The van der Waals surface area contributed by atoms with E-state index in [9.17, 15) is 9.59 Å². The highest BCUT2D eigenvalue weighted by Crippen LogP contribution is 2.31. The number of unbranched alkanes of at least 4 members (excludes halogenated alkanes) is 3. The van der Waals surface area contributed by atoms with E-state index in [1.54, 1.807) is 7.05 Å². The summed E-state index contributed by atoms with van der Waals surface area (Å²) >= 11 is 7.54. The van der Waals surface area contributed by atoms with Crippen molar-refractivity contribution in [3.63, 3.8) is 0 Å². The second-order valence-corrected chi connectivity index (χ2v) is 8.00. The fourth-order valence-corrected chi connectivity index (χ4v) is 4.16. The normalized spacial score (nSPS) is 17.2. The maximum atomic E-state index is 12.4. The molecule has 142 valence electrons. The van der Waals surface area contributed by atoms with Crippen LogP contribution >= 0.6 is 23.4 Å². The number of rotatable bonds is 8. The van der Waals surface area contributed by atoms with Crippen LogP contribution in [-0.4, -0.2) is 40.7 Å². The lowest BCUT2D eigenvalue weighted by Crippen LogP contribution is -2.40. The van der Waals surface area contributed by atoms with Gasteiger partial charge in [0.15, 0.2) is 0 Å². The van der Waals surface area contributed by atoms with Crippen molar-refractivity contribution in [2.45, 2.75) is 51.2 Å². The molecule has 26 heavy (non-hydrogen) atoms. The van der Waals surface area contributed by atoms with Gasteiger partial charge in [-0.3, -0.25) is 9.59 Å². The van der Waals surface area contributed by atoms with E-state index in [0.29, 0.717) is 16.6 Å². The standard InChI is InChI=1S/C19H26ClN3O2S/c1-4-5-6-7-11-21-17(24)12-16-19(25)23(3)22-18(26-16)14-9-8-10-15(20)13(14)2/h8-10,16H,4-7,11-12H2,1-3H3,(H,21,24)/t16-/m1/s1. The summed E-state index contributed by atoms with van der Waals surface area (Å²) in [5.41, 5.74) is 1.81. The van der Waals surface area contributed by atoms with Crippen molar-refractivity contribution in [1.82, 2.24) is 10.3 Å².